The van der Waals surface area contributed by atoms with Gasteiger partial charge in [-0.2, -0.15) is 0 Å². The summed E-state index contributed by atoms with van der Waals surface area (Å²) in [5, 5.41) is 2.89. The Morgan fingerprint density at radius 2 is 1.92 bits per heavy atom. The van der Waals surface area contributed by atoms with E-state index in [1.807, 2.05) is 6.92 Å². The van der Waals surface area contributed by atoms with Crippen molar-refractivity contribution >= 4 is 27.5 Å². The van der Waals surface area contributed by atoms with Crippen molar-refractivity contribution in [3.8, 4) is 0 Å². The van der Waals surface area contributed by atoms with Gasteiger partial charge in [-0.25, -0.2) is 8.42 Å². The van der Waals surface area contributed by atoms with Crippen LogP contribution in [-0.2, 0) is 14.8 Å². The predicted octanol–water partition coefficient (Wildman–Crippen LogP) is 1.44. The molecule has 1 aliphatic heterocycles. The highest BCUT2D eigenvalue weighted by Gasteiger charge is 2.28. The summed E-state index contributed by atoms with van der Waals surface area (Å²) in [5.74, 6) is -0.304. The molecule has 1 unspecified atom stereocenters. The Morgan fingerprint density at radius 1 is 1.24 bits per heavy atom. The van der Waals surface area contributed by atoms with Gasteiger partial charge in [-0.15, -0.1) is 0 Å². The Morgan fingerprint density at radius 3 is 2.52 bits per heavy atom. The molecule has 7 nitrogen and oxygen atoms in total. The summed E-state index contributed by atoms with van der Waals surface area (Å²) in [5.41, 5.74) is 0.892. The maximum absolute atomic E-state index is 12.6. The third kappa shape index (κ3) is 5.74. The third-order valence-corrected chi connectivity index (χ3v) is 4.67. The number of benzene rings is 1. The van der Waals surface area contributed by atoms with E-state index >= 15 is 0 Å². The number of sulfonamides is 1. The Kier molecular flexibility index (Phi) is 6.41. The van der Waals surface area contributed by atoms with Gasteiger partial charge >= 0.3 is 0 Å². The number of amides is 2. The van der Waals surface area contributed by atoms with Gasteiger partial charge in [-0.3, -0.25) is 14.3 Å². The Bertz CT molecular complexity index is 716. The number of carbonyl (C=O) groups excluding carboxylic acids is 2. The number of rotatable bonds is 6. The summed E-state index contributed by atoms with van der Waals surface area (Å²) in [6, 6.07) is 6.31. The highest BCUT2D eigenvalue weighted by Crippen LogP contribution is 2.20. The Hall–Kier alpha value is -2.09. The number of nitrogens with one attached hydrogen (secondary N) is 2. The fraction of sp³-hybridized carbons (Fsp3) is 0.529. The standard InChI is InChI=1S/C17H25N3O4S/c1-3-10-18-16(21)14-5-4-11-20(12-14)17(22)13-6-8-15(9-7-13)19-25(2,23)24/h6-9,14,19H,3-5,10-12H2,1-2H3,(H,18,21). The highest BCUT2D eigenvalue weighted by atomic mass is 32.2. The van der Waals surface area contributed by atoms with Crippen LogP contribution in [0.5, 0.6) is 0 Å². The van der Waals surface area contributed by atoms with Gasteiger partial charge in [0.25, 0.3) is 5.91 Å². The van der Waals surface area contributed by atoms with E-state index in [-0.39, 0.29) is 17.7 Å². The van der Waals surface area contributed by atoms with Crippen LogP contribution in [0.1, 0.15) is 36.5 Å². The quantitative estimate of drug-likeness (QED) is 0.795. The molecule has 0 radical (unpaired) electrons. The van der Waals surface area contributed by atoms with Gasteiger partial charge in [-0.1, -0.05) is 6.92 Å². The van der Waals surface area contributed by atoms with Crippen LogP contribution in [0.3, 0.4) is 0 Å². The Balaban J connectivity index is 2.00. The molecule has 1 aromatic rings. The van der Waals surface area contributed by atoms with Crippen molar-refractivity contribution in [3.63, 3.8) is 0 Å². The molecule has 2 amide bonds. The second kappa shape index (κ2) is 8.33. The largest absolute Gasteiger partial charge is 0.356 e. The monoisotopic (exact) mass is 367 g/mol. The minimum absolute atomic E-state index is 0.00653. The molecule has 2 rings (SSSR count). The lowest BCUT2D eigenvalue weighted by atomic mass is 9.96. The first kappa shape index (κ1) is 19.2. The molecule has 1 heterocycles. The van der Waals surface area contributed by atoms with E-state index in [1.165, 1.54) is 0 Å². The fourth-order valence-electron chi connectivity index (χ4n) is 2.85. The van der Waals surface area contributed by atoms with Gasteiger partial charge in [0.05, 0.1) is 12.2 Å². The lowest BCUT2D eigenvalue weighted by molar-refractivity contribution is -0.126. The predicted molar refractivity (Wildman–Crippen MR) is 96.8 cm³/mol. The molecule has 25 heavy (non-hydrogen) atoms. The van der Waals surface area contributed by atoms with Crippen LogP contribution in [0.15, 0.2) is 24.3 Å². The molecular formula is C17H25N3O4S. The first-order valence-electron chi connectivity index (χ1n) is 8.45. The van der Waals surface area contributed by atoms with E-state index in [4.69, 9.17) is 0 Å². The summed E-state index contributed by atoms with van der Waals surface area (Å²) in [4.78, 5) is 26.5. The normalized spacial score (nSPS) is 17.8. The van der Waals surface area contributed by atoms with Gasteiger partial charge in [0, 0.05) is 30.9 Å². The molecule has 0 spiro atoms. The molecule has 0 aliphatic carbocycles. The third-order valence-electron chi connectivity index (χ3n) is 4.06. The van der Waals surface area contributed by atoms with Crippen LogP contribution in [0.25, 0.3) is 0 Å². The molecule has 1 fully saturated rings. The van der Waals surface area contributed by atoms with E-state index in [9.17, 15) is 18.0 Å². The van der Waals surface area contributed by atoms with Gasteiger partial charge in [0.15, 0.2) is 0 Å². The molecule has 0 saturated carbocycles. The highest BCUT2D eigenvalue weighted by molar-refractivity contribution is 7.92. The molecule has 1 aromatic carbocycles. The molecular weight excluding hydrogens is 342 g/mol. The average molecular weight is 367 g/mol. The number of nitrogens with zero attached hydrogens (tertiary/aromatic N) is 1. The SMILES string of the molecule is CCCNC(=O)C1CCCN(C(=O)c2ccc(NS(C)(=O)=O)cc2)C1. The molecule has 0 aromatic heterocycles. The number of anilines is 1. The molecule has 0 bridgehead atoms. The molecule has 1 aliphatic rings. The first-order chi connectivity index (χ1) is 11.8. The number of hydrogen-bond donors (Lipinski definition) is 2. The van der Waals surface area contributed by atoms with Crippen LogP contribution in [0.4, 0.5) is 5.69 Å². The van der Waals surface area contributed by atoms with E-state index in [0.29, 0.717) is 30.9 Å². The lowest BCUT2D eigenvalue weighted by Crippen LogP contribution is -2.45. The summed E-state index contributed by atoms with van der Waals surface area (Å²) in [6.07, 6.45) is 3.54. The number of likely N-dealkylation sites (tertiary alicyclic amines) is 1. The number of piperidine rings is 1. The minimum Gasteiger partial charge on any atom is -0.356 e. The van der Waals surface area contributed by atoms with Gasteiger partial charge in [0.2, 0.25) is 15.9 Å². The molecule has 1 saturated heterocycles. The van der Waals surface area contributed by atoms with Crippen LogP contribution in [-0.4, -0.2) is 51.0 Å². The minimum atomic E-state index is -3.35. The molecule has 138 valence electrons. The van der Waals surface area contributed by atoms with Crippen molar-refractivity contribution in [2.24, 2.45) is 5.92 Å². The molecule has 1 atom stereocenters. The summed E-state index contributed by atoms with van der Waals surface area (Å²) >= 11 is 0. The van der Waals surface area contributed by atoms with Crippen molar-refractivity contribution in [3.05, 3.63) is 29.8 Å². The van der Waals surface area contributed by atoms with Gasteiger partial charge < -0.3 is 10.2 Å². The number of carbonyl (C=O) groups is 2. The van der Waals surface area contributed by atoms with Crippen molar-refractivity contribution in [2.45, 2.75) is 26.2 Å². The maximum Gasteiger partial charge on any atom is 0.253 e. The van der Waals surface area contributed by atoms with Crippen molar-refractivity contribution in [1.82, 2.24) is 10.2 Å². The summed E-state index contributed by atoms with van der Waals surface area (Å²) in [6.45, 7) is 3.69. The zero-order valence-electron chi connectivity index (χ0n) is 14.6. The first-order valence-corrected chi connectivity index (χ1v) is 10.3. The lowest BCUT2D eigenvalue weighted by Gasteiger charge is -2.32. The smallest absolute Gasteiger partial charge is 0.253 e. The topological polar surface area (TPSA) is 95.6 Å². The van der Waals surface area contributed by atoms with E-state index in [0.717, 1.165) is 25.5 Å². The second-order valence-electron chi connectivity index (χ2n) is 6.33. The van der Waals surface area contributed by atoms with Crippen molar-refractivity contribution < 1.29 is 18.0 Å². The van der Waals surface area contributed by atoms with Crippen LogP contribution in [0, 0.1) is 5.92 Å². The maximum atomic E-state index is 12.6. The fourth-order valence-corrected chi connectivity index (χ4v) is 3.41. The van der Waals surface area contributed by atoms with Crippen molar-refractivity contribution in [1.29, 1.82) is 0 Å². The zero-order chi connectivity index (χ0) is 18.4. The van der Waals surface area contributed by atoms with Crippen LogP contribution in [0.2, 0.25) is 0 Å². The van der Waals surface area contributed by atoms with Crippen molar-refractivity contribution in [2.75, 3.05) is 30.6 Å². The van der Waals surface area contributed by atoms with Gasteiger partial charge in [0.1, 0.15) is 0 Å². The summed E-state index contributed by atoms with van der Waals surface area (Å²) in [7, 11) is -3.35. The van der Waals surface area contributed by atoms with Crippen LogP contribution < -0.4 is 10.0 Å². The molecule has 8 heteroatoms. The van der Waals surface area contributed by atoms with E-state index in [1.54, 1.807) is 29.2 Å². The van der Waals surface area contributed by atoms with Gasteiger partial charge in [-0.05, 0) is 43.5 Å². The van der Waals surface area contributed by atoms with Crippen LogP contribution >= 0.6 is 0 Å². The summed E-state index contributed by atoms with van der Waals surface area (Å²) < 4.78 is 24.8. The number of hydrogen-bond acceptors (Lipinski definition) is 4. The second-order valence-corrected chi connectivity index (χ2v) is 8.08. The molecule has 2 N–H and O–H groups in total. The average Bonchev–Trinajstić information content (AvgIpc) is 2.58. The Labute approximate surface area is 148 Å². The zero-order valence-corrected chi connectivity index (χ0v) is 15.4. The van der Waals surface area contributed by atoms with E-state index in [2.05, 4.69) is 10.0 Å². The van der Waals surface area contributed by atoms with E-state index < -0.39 is 10.0 Å².